The Kier molecular flexibility index (Phi) is 3.38. The lowest BCUT2D eigenvalue weighted by atomic mass is 10.0. The van der Waals surface area contributed by atoms with E-state index in [4.69, 9.17) is 11.6 Å². The van der Waals surface area contributed by atoms with Crippen molar-refractivity contribution in [3.05, 3.63) is 46.8 Å². The van der Waals surface area contributed by atoms with Gasteiger partial charge in [-0.3, -0.25) is 4.79 Å². The molecule has 0 spiro atoms. The minimum atomic E-state index is -4.82. The molecule has 0 unspecified atom stereocenters. The van der Waals surface area contributed by atoms with Crippen LogP contribution in [0.2, 0.25) is 5.02 Å². The van der Waals surface area contributed by atoms with Crippen molar-refractivity contribution in [3.8, 4) is 0 Å². The van der Waals surface area contributed by atoms with Crippen molar-refractivity contribution in [3.63, 3.8) is 0 Å². The molecule has 86 valence electrons. The highest BCUT2D eigenvalue weighted by atomic mass is 35.5. The van der Waals surface area contributed by atoms with Gasteiger partial charge in [0.1, 0.15) is 0 Å². The molecule has 0 aliphatic carbocycles. The summed E-state index contributed by atoms with van der Waals surface area (Å²) >= 11 is 5.31. The molecule has 0 radical (unpaired) electrons. The van der Waals surface area contributed by atoms with Crippen LogP contribution in [0.5, 0.6) is 0 Å². The van der Waals surface area contributed by atoms with Crippen molar-refractivity contribution in [2.75, 3.05) is 0 Å². The van der Waals surface area contributed by atoms with E-state index in [1.807, 2.05) is 0 Å². The van der Waals surface area contributed by atoms with Gasteiger partial charge in [0, 0.05) is 0 Å². The molecule has 1 nitrogen and oxygen atoms in total. The third-order valence-corrected chi connectivity index (χ3v) is 2.12. The van der Waals surface area contributed by atoms with Crippen LogP contribution in [0.15, 0.2) is 24.8 Å². The molecule has 0 atom stereocenters. The van der Waals surface area contributed by atoms with Crippen LogP contribution in [0.1, 0.15) is 15.9 Å². The monoisotopic (exact) mass is 252 g/mol. The van der Waals surface area contributed by atoms with Crippen molar-refractivity contribution in [1.82, 2.24) is 0 Å². The number of carbonyl (C=O) groups is 1. The van der Waals surface area contributed by atoms with Gasteiger partial charge in [0.2, 0.25) is 0 Å². The van der Waals surface area contributed by atoms with E-state index in [1.165, 1.54) is 0 Å². The normalized spacial score (nSPS) is 11.3. The fourth-order valence-electron chi connectivity index (χ4n) is 1.13. The summed E-state index contributed by atoms with van der Waals surface area (Å²) in [5.41, 5.74) is -2.46. The quantitative estimate of drug-likeness (QED) is 0.444. The Balaban J connectivity index is 3.57. The van der Waals surface area contributed by atoms with Crippen molar-refractivity contribution < 1.29 is 22.4 Å². The number of alkyl halides is 3. The second-order valence-corrected chi connectivity index (χ2v) is 3.26. The Morgan fingerprint density at radius 1 is 1.38 bits per heavy atom. The van der Waals surface area contributed by atoms with E-state index in [2.05, 4.69) is 6.58 Å². The van der Waals surface area contributed by atoms with Crippen molar-refractivity contribution in [2.24, 2.45) is 0 Å². The maximum Gasteiger partial charge on any atom is 0.417 e. The number of rotatable bonds is 2. The minimum Gasteiger partial charge on any atom is -0.289 e. The molecular weight excluding hydrogens is 248 g/mol. The highest BCUT2D eigenvalue weighted by molar-refractivity contribution is 6.31. The number of hydrogen-bond donors (Lipinski definition) is 0. The van der Waals surface area contributed by atoms with Gasteiger partial charge in [-0.05, 0) is 18.2 Å². The largest absolute Gasteiger partial charge is 0.417 e. The van der Waals surface area contributed by atoms with Crippen molar-refractivity contribution in [1.29, 1.82) is 0 Å². The second kappa shape index (κ2) is 4.25. The number of benzene rings is 1. The molecule has 6 heteroatoms. The van der Waals surface area contributed by atoms with Gasteiger partial charge in [0.05, 0.1) is 16.1 Å². The zero-order chi connectivity index (χ0) is 12.5. The summed E-state index contributed by atoms with van der Waals surface area (Å²) in [5, 5.41) is -0.543. The highest BCUT2D eigenvalue weighted by Gasteiger charge is 2.36. The predicted molar refractivity (Wildman–Crippen MR) is 50.9 cm³/mol. The van der Waals surface area contributed by atoms with Crippen LogP contribution >= 0.6 is 11.6 Å². The molecule has 0 N–H and O–H groups in total. The fourth-order valence-corrected chi connectivity index (χ4v) is 1.29. The van der Waals surface area contributed by atoms with Gasteiger partial charge in [0.15, 0.2) is 11.6 Å². The fraction of sp³-hybridized carbons (Fsp3) is 0.100. The molecule has 0 saturated carbocycles. The number of allylic oxidation sites excluding steroid dienone is 1. The second-order valence-electron chi connectivity index (χ2n) is 2.85. The molecule has 0 fully saturated rings. The van der Waals surface area contributed by atoms with E-state index in [1.54, 1.807) is 0 Å². The molecule has 1 aromatic rings. The molecule has 0 heterocycles. The Morgan fingerprint density at radius 3 is 2.38 bits per heavy atom. The van der Waals surface area contributed by atoms with Gasteiger partial charge in [-0.15, -0.1) is 0 Å². The number of carbonyl (C=O) groups excluding carboxylic acids is 1. The smallest absolute Gasteiger partial charge is 0.289 e. The van der Waals surface area contributed by atoms with Crippen LogP contribution < -0.4 is 0 Å². The lowest BCUT2D eigenvalue weighted by molar-refractivity contribution is -0.138. The number of ketones is 1. The Hall–Kier alpha value is -1.36. The zero-order valence-corrected chi connectivity index (χ0v) is 8.49. The van der Waals surface area contributed by atoms with Crippen molar-refractivity contribution >= 4 is 17.4 Å². The first-order chi connectivity index (χ1) is 7.29. The van der Waals surface area contributed by atoms with Gasteiger partial charge in [-0.2, -0.15) is 13.2 Å². The van der Waals surface area contributed by atoms with E-state index in [-0.39, 0.29) is 0 Å². The van der Waals surface area contributed by atoms with Gasteiger partial charge in [-0.25, -0.2) is 4.39 Å². The van der Waals surface area contributed by atoms with Crippen LogP contribution in [0.25, 0.3) is 0 Å². The van der Waals surface area contributed by atoms with Gasteiger partial charge >= 0.3 is 6.18 Å². The van der Waals surface area contributed by atoms with E-state index >= 15 is 0 Å². The molecule has 0 amide bonds. The van der Waals surface area contributed by atoms with Gasteiger partial charge in [0.25, 0.3) is 0 Å². The maximum absolute atomic E-state index is 13.3. The molecule has 0 saturated heterocycles. The summed E-state index contributed by atoms with van der Waals surface area (Å²) in [5.74, 6) is -2.55. The number of hydrogen-bond acceptors (Lipinski definition) is 1. The molecule has 1 rings (SSSR count). The average Bonchev–Trinajstić information content (AvgIpc) is 2.19. The standard InChI is InChI=1S/C10H5ClF4O/c1-2-7(16)8-5(10(13,14)15)3-4-6(11)9(8)12/h2-4H,1H2. The van der Waals surface area contributed by atoms with Gasteiger partial charge < -0.3 is 0 Å². The van der Waals surface area contributed by atoms with E-state index in [9.17, 15) is 22.4 Å². The molecule has 0 aliphatic heterocycles. The molecule has 0 aromatic heterocycles. The summed E-state index contributed by atoms with van der Waals surface area (Å²) in [6.45, 7) is 3.00. The summed E-state index contributed by atoms with van der Waals surface area (Å²) in [6, 6.07) is 1.31. The predicted octanol–water partition coefficient (Wildman–Crippen LogP) is 3.87. The Morgan fingerprint density at radius 2 is 1.94 bits per heavy atom. The topological polar surface area (TPSA) is 17.1 Å². The van der Waals surface area contributed by atoms with Gasteiger partial charge in [-0.1, -0.05) is 18.2 Å². The Labute approximate surface area is 93.3 Å². The van der Waals surface area contributed by atoms with E-state index < -0.39 is 33.9 Å². The Bertz CT molecular complexity index is 451. The van der Waals surface area contributed by atoms with Crippen LogP contribution in [-0.2, 0) is 6.18 Å². The third-order valence-electron chi connectivity index (χ3n) is 1.83. The summed E-state index contributed by atoms with van der Waals surface area (Å²) in [7, 11) is 0. The maximum atomic E-state index is 13.3. The third kappa shape index (κ3) is 2.24. The molecule has 1 aromatic carbocycles. The lowest BCUT2D eigenvalue weighted by Gasteiger charge is -2.12. The summed E-state index contributed by atoms with van der Waals surface area (Å²) < 4.78 is 50.7. The molecular formula is C10H5ClF4O. The first-order valence-corrected chi connectivity index (χ1v) is 4.38. The van der Waals surface area contributed by atoms with Crippen LogP contribution in [0, 0.1) is 5.82 Å². The van der Waals surface area contributed by atoms with Crippen LogP contribution in [0.3, 0.4) is 0 Å². The lowest BCUT2D eigenvalue weighted by Crippen LogP contribution is -2.14. The first kappa shape index (κ1) is 12.7. The summed E-state index contributed by atoms with van der Waals surface area (Å²) in [4.78, 5) is 11.1. The van der Waals surface area contributed by atoms with Crippen LogP contribution in [-0.4, -0.2) is 5.78 Å². The molecule has 16 heavy (non-hydrogen) atoms. The van der Waals surface area contributed by atoms with Crippen molar-refractivity contribution in [2.45, 2.75) is 6.18 Å². The average molecular weight is 253 g/mol. The highest BCUT2D eigenvalue weighted by Crippen LogP contribution is 2.35. The SMILES string of the molecule is C=CC(=O)c1c(C(F)(F)F)ccc(Cl)c1F. The zero-order valence-electron chi connectivity index (χ0n) is 7.74. The molecule has 0 bridgehead atoms. The number of halogens is 5. The summed E-state index contributed by atoms with van der Waals surface area (Å²) in [6.07, 6.45) is -4.22. The molecule has 0 aliphatic rings. The first-order valence-electron chi connectivity index (χ1n) is 4.01. The van der Waals surface area contributed by atoms with E-state index in [0.717, 1.165) is 6.07 Å². The minimum absolute atomic E-state index is 0.543. The van der Waals surface area contributed by atoms with E-state index in [0.29, 0.717) is 12.1 Å². The van der Waals surface area contributed by atoms with Crippen LogP contribution in [0.4, 0.5) is 17.6 Å².